The lowest BCUT2D eigenvalue weighted by Gasteiger charge is -2.41. The van der Waals surface area contributed by atoms with Crippen LogP contribution >= 0.6 is 0 Å². The number of carbonyl (C=O) groups excluding carboxylic acids is 2. The molecule has 5 rings (SSSR count). The van der Waals surface area contributed by atoms with Gasteiger partial charge < -0.3 is 10.2 Å². The van der Waals surface area contributed by atoms with Gasteiger partial charge in [-0.2, -0.15) is 0 Å². The maximum Gasteiger partial charge on any atom is 0.289 e. The Labute approximate surface area is 231 Å². The number of hydrogen-bond donors (Lipinski definition) is 1. The van der Waals surface area contributed by atoms with E-state index >= 15 is 0 Å². The maximum atomic E-state index is 13.5. The molecule has 0 bridgehead atoms. The molecular formula is C33H39N3O3. The Morgan fingerprint density at radius 3 is 2.33 bits per heavy atom. The van der Waals surface area contributed by atoms with Gasteiger partial charge in [0.25, 0.3) is 5.91 Å². The van der Waals surface area contributed by atoms with E-state index in [-0.39, 0.29) is 29.7 Å². The number of likely N-dealkylation sites (tertiary alicyclic amines) is 1. The van der Waals surface area contributed by atoms with Crippen LogP contribution in [0.25, 0.3) is 10.8 Å². The van der Waals surface area contributed by atoms with Gasteiger partial charge >= 0.3 is 0 Å². The Hall–Kier alpha value is -3.38. The van der Waals surface area contributed by atoms with Crippen LogP contribution in [-0.2, 0) is 9.59 Å². The second kappa shape index (κ2) is 12.6. The first-order valence-corrected chi connectivity index (χ1v) is 14.5. The van der Waals surface area contributed by atoms with E-state index in [0.29, 0.717) is 31.6 Å². The Kier molecular flexibility index (Phi) is 8.82. The molecule has 1 heterocycles. The van der Waals surface area contributed by atoms with Gasteiger partial charge in [-0.25, -0.2) is 0 Å². The number of hydrogen-bond acceptors (Lipinski definition) is 4. The van der Waals surface area contributed by atoms with Crippen LogP contribution in [0.2, 0.25) is 0 Å². The number of amides is 2. The van der Waals surface area contributed by atoms with Crippen molar-refractivity contribution in [3.8, 4) is 0 Å². The van der Waals surface area contributed by atoms with Gasteiger partial charge in [-0.15, -0.1) is 4.91 Å². The minimum Gasteiger partial charge on any atom is -0.342 e. The molecule has 6 nitrogen and oxygen atoms in total. The summed E-state index contributed by atoms with van der Waals surface area (Å²) in [5.74, 6) is -0.0517. The summed E-state index contributed by atoms with van der Waals surface area (Å²) < 4.78 is 0. The van der Waals surface area contributed by atoms with Crippen molar-refractivity contribution in [1.82, 2.24) is 10.2 Å². The van der Waals surface area contributed by atoms with E-state index in [0.717, 1.165) is 32.5 Å². The predicted octanol–water partition coefficient (Wildman–Crippen LogP) is 6.61. The molecule has 6 heteroatoms. The minimum absolute atomic E-state index is 0.0670. The van der Waals surface area contributed by atoms with E-state index in [9.17, 15) is 14.5 Å². The number of carbonyl (C=O) groups is 2. The number of rotatable bonds is 8. The van der Waals surface area contributed by atoms with E-state index < -0.39 is 5.91 Å². The molecule has 204 valence electrons. The Morgan fingerprint density at radius 2 is 1.59 bits per heavy atom. The third-order valence-electron chi connectivity index (χ3n) is 9.04. The number of benzene rings is 3. The molecule has 1 aliphatic carbocycles. The predicted molar refractivity (Wildman–Crippen MR) is 155 cm³/mol. The lowest BCUT2D eigenvalue weighted by molar-refractivity contribution is -0.139. The number of nitrogens with one attached hydrogen (secondary N) is 1. The molecule has 2 fully saturated rings. The van der Waals surface area contributed by atoms with Gasteiger partial charge in [-0.1, -0.05) is 79.7 Å². The summed E-state index contributed by atoms with van der Waals surface area (Å²) in [5.41, 5.74) is 2.63. The van der Waals surface area contributed by atoms with Gasteiger partial charge in [0.1, 0.15) is 0 Å². The first kappa shape index (κ1) is 27.2. The monoisotopic (exact) mass is 525 g/mol. The number of piperidine rings is 1. The van der Waals surface area contributed by atoms with Gasteiger partial charge in [0.05, 0.1) is 0 Å². The summed E-state index contributed by atoms with van der Waals surface area (Å²) >= 11 is 0. The molecule has 1 saturated carbocycles. The van der Waals surface area contributed by atoms with Crippen LogP contribution in [-0.4, -0.2) is 36.3 Å². The topological polar surface area (TPSA) is 78.8 Å². The number of nitroso groups, excluding NO2 is 1. The number of fused-ring (bicyclic) bond motifs is 1. The fourth-order valence-corrected chi connectivity index (χ4v) is 6.77. The largest absolute Gasteiger partial charge is 0.342 e. The molecule has 0 radical (unpaired) electrons. The zero-order valence-corrected chi connectivity index (χ0v) is 22.8. The van der Waals surface area contributed by atoms with Crippen molar-refractivity contribution in [2.75, 3.05) is 19.6 Å². The Bertz CT molecular complexity index is 1280. The average Bonchev–Trinajstić information content (AvgIpc) is 3.01. The van der Waals surface area contributed by atoms with E-state index in [1.165, 1.54) is 21.9 Å². The van der Waals surface area contributed by atoms with Crippen molar-refractivity contribution >= 4 is 22.6 Å². The van der Waals surface area contributed by atoms with Gasteiger partial charge in [-0.3, -0.25) is 9.59 Å². The standard InChI is InChI=1S/C33H39N3O3/c1-2-31(29-14-8-12-23-11-6-7-13-28(23)29)34-21-27-19-20-36(22-30(27)24-9-4-3-5-10-24)33(38)26-17-15-25(16-18-26)32(37)35-39/h3-14,25-27,30-31,34H,2,15-22H2,1H3/t25?,26?,27?,30?,31-/m1/s1. The lowest BCUT2D eigenvalue weighted by Crippen LogP contribution is -2.48. The third-order valence-corrected chi connectivity index (χ3v) is 9.04. The lowest BCUT2D eigenvalue weighted by atomic mass is 9.78. The zero-order chi connectivity index (χ0) is 27.2. The Morgan fingerprint density at radius 1 is 0.897 bits per heavy atom. The maximum absolute atomic E-state index is 13.5. The van der Waals surface area contributed by atoms with Crippen molar-refractivity contribution in [3.05, 3.63) is 88.8 Å². The van der Waals surface area contributed by atoms with E-state index in [4.69, 9.17) is 0 Å². The summed E-state index contributed by atoms with van der Waals surface area (Å²) in [6.07, 6.45) is 4.43. The molecule has 2 aliphatic rings. The fourth-order valence-electron chi connectivity index (χ4n) is 6.77. The summed E-state index contributed by atoms with van der Waals surface area (Å²) in [6, 6.07) is 26.0. The highest BCUT2D eigenvalue weighted by atomic mass is 16.3. The van der Waals surface area contributed by atoms with Gasteiger partial charge in [0.15, 0.2) is 0 Å². The van der Waals surface area contributed by atoms with E-state index in [2.05, 4.69) is 89.0 Å². The highest BCUT2D eigenvalue weighted by molar-refractivity contribution is 5.86. The van der Waals surface area contributed by atoms with Crippen molar-refractivity contribution in [1.29, 1.82) is 0 Å². The molecule has 0 aromatic heterocycles. The van der Waals surface area contributed by atoms with Gasteiger partial charge in [0.2, 0.25) is 5.91 Å². The smallest absolute Gasteiger partial charge is 0.289 e. The minimum atomic E-state index is -0.563. The van der Waals surface area contributed by atoms with Crippen LogP contribution in [0, 0.1) is 22.7 Å². The van der Waals surface area contributed by atoms with Crippen molar-refractivity contribution in [3.63, 3.8) is 0 Å². The van der Waals surface area contributed by atoms with Crippen LogP contribution < -0.4 is 5.32 Å². The van der Waals surface area contributed by atoms with E-state index in [1.54, 1.807) is 0 Å². The molecule has 1 aliphatic heterocycles. The molecule has 39 heavy (non-hydrogen) atoms. The molecule has 2 amide bonds. The van der Waals surface area contributed by atoms with Gasteiger partial charge in [-0.05, 0) is 72.9 Å². The summed E-state index contributed by atoms with van der Waals surface area (Å²) in [7, 11) is 0. The zero-order valence-electron chi connectivity index (χ0n) is 22.8. The van der Waals surface area contributed by atoms with Crippen molar-refractivity contribution in [2.24, 2.45) is 22.9 Å². The second-order valence-corrected chi connectivity index (χ2v) is 11.3. The first-order chi connectivity index (χ1) is 19.1. The summed E-state index contributed by atoms with van der Waals surface area (Å²) in [6.45, 7) is 4.61. The molecule has 3 aromatic carbocycles. The molecule has 0 spiro atoms. The van der Waals surface area contributed by atoms with Crippen LogP contribution in [0.3, 0.4) is 0 Å². The Balaban J connectivity index is 1.27. The molecule has 3 atom stereocenters. The molecule has 3 aromatic rings. The molecular weight excluding hydrogens is 486 g/mol. The fraction of sp³-hybridized carbons (Fsp3) is 0.455. The number of nitrogens with zero attached hydrogens (tertiary/aromatic N) is 2. The average molecular weight is 526 g/mol. The molecule has 2 unspecified atom stereocenters. The SMILES string of the molecule is CC[C@@H](NCC1CCN(C(=O)C2CCC(C(=O)N=O)CC2)CC1c1ccccc1)c1cccc2ccccc12. The van der Waals surface area contributed by atoms with Crippen LogP contribution in [0.15, 0.2) is 78.0 Å². The summed E-state index contributed by atoms with van der Waals surface area (Å²) in [5, 5.41) is 9.08. The van der Waals surface area contributed by atoms with E-state index in [1.807, 2.05) is 6.07 Å². The highest BCUT2D eigenvalue weighted by Crippen LogP contribution is 2.36. The third kappa shape index (κ3) is 6.11. The molecule has 1 N–H and O–H groups in total. The van der Waals surface area contributed by atoms with Crippen LogP contribution in [0.5, 0.6) is 0 Å². The van der Waals surface area contributed by atoms with Crippen molar-refractivity contribution in [2.45, 2.75) is 57.4 Å². The molecule has 1 saturated heterocycles. The van der Waals surface area contributed by atoms with Crippen LogP contribution in [0.4, 0.5) is 0 Å². The highest BCUT2D eigenvalue weighted by Gasteiger charge is 2.37. The van der Waals surface area contributed by atoms with Gasteiger partial charge in [0, 0.05) is 42.1 Å². The normalized spacial score (nSPS) is 24.3. The summed E-state index contributed by atoms with van der Waals surface area (Å²) in [4.78, 5) is 37.9. The van der Waals surface area contributed by atoms with Crippen molar-refractivity contribution < 1.29 is 9.59 Å². The van der Waals surface area contributed by atoms with Crippen LogP contribution in [0.1, 0.15) is 68.5 Å². The first-order valence-electron chi connectivity index (χ1n) is 14.5. The quantitative estimate of drug-likeness (QED) is 0.336. The second-order valence-electron chi connectivity index (χ2n) is 11.3.